The van der Waals surface area contributed by atoms with Gasteiger partial charge in [-0.05, 0) is 62.8 Å². The lowest BCUT2D eigenvalue weighted by molar-refractivity contribution is 0.387. The van der Waals surface area contributed by atoms with Crippen LogP contribution in [0.4, 0.5) is 5.82 Å². The molecular formula is C21H24ClN5O2S. The van der Waals surface area contributed by atoms with Crippen LogP contribution in [0.15, 0.2) is 36.7 Å². The molecule has 2 fully saturated rings. The molecule has 0 unspecified atom stereocenters. The number of aromatic amines is 1. The van der Waals surface area contributed by atoms with Gasteiger partial charge in [-0.2, -0.15) is 0 Å². The molecule has 0 amide bonds. The topological polar surface area (TPSA) is 99.8 Å². The number of anilines is 1. The number of hydrogen-bond donors (Lipinski definition) is 3. The summed E-state index contributed by atoms with van der Waals surface area (Å²) in [4.78, 5) is 12.3. The van der Waals surface area contributed by atoms with Crippen molar-refractivity contribution in [3.05, 3.63) is 41.7 Å². The first-order valence-corrected chi connectivity index (χ1v) is 12.3. The van der Waals surface area contributed by atoms with E-state index in [1.165, 1.54) is 0 Å². The van der Waals surface area contributed by atoms with E-state index in [-0.39, 0.29) is 17.3 Å². The van der Waals surface area contributed by atoms with Crippen molar-refractivity contribution in [1.82, 2.24) is 19.7 Å². The van der Waals surface area contributed by atoms with Crippen LogP contribution in [0.3, 0.4) is 0 Å². The third-order valence-corrected chi connectivity index (χ3v) is 8.12. The van der Waals surface area contributed by atoms with Gasteiger partial charge >= 0.3 is 0 Å². The van der Waals surface area contributed by atoms with Crippen LogP contribution in [0.5, 0.6) is 0 Å². The van der Waals surface area contributed by atoms with E-state index >= 15 is 0 Å². The smallest absolute Gasteiger partial charge is 0.214 e. The number of aromatic nitrogens is 3. The second kappa shape index (κ2) is 7.83. The standard InChI is InChI=1S/C21H24ClN5O2S/c22-13-10-19(18-12-24-21-17(18)2-1-9-23-21)26-20(11-13)25-14-3-5-15(6-4-14)27-30(28,29)16-7-8-16/h1-2,9-12,14-16,27H,3-8H2,(H,23,24)(H,25,26)/t14-,15-. The zero-order chi connectivity index (χ0) is 20.7. The highest BCUT2D eigenvalue weighted by atomic mass is 35.5. The van der Waals surface area contributed by atoms with E-state index in [2.05, 4.69) is 20.0 Å². The van der Waals surface area contributed by atoms with Gasteiger partial charge in [0.15, 0.2) is 0 Å². The molecule has 0 bridgehead atoms. The largest absolute Gasteiger partial charge is 0.367 e. The first kappa shape index (κ1) is 19.8. The van der Waals surface area contributed by atoms with Crippen LogP contribution in [-0.4, -0.2) is 40.7 Å². The van der Waals surface area contributed by atoms with E-state index in [4.69, 9.17) is 16.6 Å². The van der Waals surface area contributed by atoms with Gasteiger partial charge in [-0.1, -0.05) is 11.6 Å². The van der Waals surface area contributed by atoms with Crippen molar-refractivity contribution in [3.63, 3.8) is 0 Å². The minimum absolute atomic E-state index is 0.0373. The van der Waals surface area contributed by atoms with Gasteiger partial charge in [-0.3, -0.25) is 0 Å². The molecule has 3 N–H and O–H groups in total. The number of nitrogens with one attached hydrogen (secondary N) is 3. The fourth-order valence-electron chi connectivity index (χ4n) is 4.15. The maximum Gasteiger partial charge on any atom is 0.214 e. The van der Waals surface area contributed by atoms with Crippen molar-refractivity contribution in [2.75, 3.05) is 5.32 Å². The zero-order valence-electron chi connectivity index (χ0n) is 16.4. The van der Waals surface area contributed by atoms with Gasteiger partial charge in [0.05, 0.1) is 10.9 Å². The van der Waals surface area contributed by atoms with E-state index in [0.717, 1.165) is 66.6 Å². The molecule has 0 aliphatic heterocycles. The number of rotatable bonds is 6. The van der Waals surface area contributed by atoms with Crippen molar-refractivity contribution in [2.45, 2.75) is 55.9 Å². The summed E-state index contributed by atoms with van der Waals surface area (Å²) in [6.07, 6.45) is 8.66. The summed E-state index contributed by atoms with van der Waals surface area (Å²) in [5.74, 6) is 0.734. The van der Waals surface area contributed by atoms with Crippen molar-refractivity contribution in [1.29, 1.82) is 0 Å². The monoisotopic (exact) mass is 445 g/mol. The molecular weight excluding hydrogens is 422 g/mol. The van der Waals surface area contributed by atoms with Crippen LogP contribution in [0.1, 0.15) is 38.5 Å². The second-order valence-electron chi connectivity index (χ2n) is 8.21. The molecule has 3 heterocycles. The summed E-state index contributed by atoms with van der Waals surface area (Å²) in [6, 6.07) is 7.88. The highest BCUT2D eigenvalue weighted by Crippen LogP contribution is 2.32. The van der Waals surface area contributed by atoms with Crippen molar-refractivity contribution in [3.8, 4) is 11.3 Å². The van der Waals surface area contributed by atoms with Crippen LogP contribution in [0.25, 0.3) is 22.3 Å². The van der Waals surface area contributed by atoms with Gasteiger partial charge in [0.1, 0.15) is 11.5 Å². The Hall–Kier alpha value is -2.16. The maximum atomic E-state index is 12.2. The summed E-state index contributed by atoms with van der Waals surface area (Å²) >= 11 is 6.38. The molecule has 5 rings (SSSR count). The molecule has 0 saturated heterocycles. The van der Waals surface area contributed by atoms with Crippen LogP contribution in [-0.2, 0) is 10.0 Å². The average Bonchev–Trinajstić information content (AvgIpc) is 3.49. The van der Waals surface area contributed by atoms with Crippen molar-refractivity contribution >= 4 is 38.5 Å². The minimum Gasteiger partial charge on any atom is -0.367 e. The number of nitrogens with zero attached hydrogens (tertiary/aromatic N) is 2. The summed E-state index contributed by atoms with van der Waals surface area (Å²) in [5, 5.41) is 4.95. The van der Waals surface area contributed by atoms with E-state index < -0.39 is 10.0 Å². The van der Waals surface area contributed by atoms with Gasteiger partial charge in [-0.25, -0.2) is 23.1 Å². The number of halogens is 1. The van der Waals surface area contributed by atoms with Crippen LogP contribution < -0.4 is 10.0 Å². The summed E-state index contributed by atoms with van der Waals surface area (Å²) in [6.45, 7) is 0. The predicted octanol–water partition coefficient (Wildman–Crippen LogP) is 4.08. The quantitative estimate of drug-likeness (QED) is 0.530. The fourth-order valence-corrected chi connectivity index (χ4v) is 6.00. The van der Waals surface area contributed by atoms with Gasteiger partial charge in [0.25, 0.3) is 0 Å². The molecule has 7 nitrogen and oxygen atoms in total. The number of H-pyrrole nitrogens is 1. The SMILES string of the molecule is O=S(=O)(N[C@H]1CC[C@H](Nc2cc(Cl)cc(-c3c[nH]c4ncccc34)n2)CC1)C1CC1. The number of sulfonamides is 1. The third-order valence-electron chi connectivity index (χ3n) is 5.89. The lowest BCUT2D eigenvalue weighted by Crippen LogP contribution is -2.41. The normalized spacial score (nSPS) is 22.3. The molecule has 0 radical (unpaired) electrons. The highest BCUT2D eigenvalue weighted by Gasteiger charge is 2.37. The van der Waals surface area contributed by atoms with Crippen LogP contribution in [0, 0.1) is 0 Å². The minimum atomic E-state index is -3.13. The van der Waals surface area contributed by atoms with E-state index in [1.54, 1.807) is 6.20 Å². The predicted molar refractivity (Wildman–Crippen MR) is 119 cm³/mol. The third kappa shape index (κ3) is 4.17. The Balaban J connectivity index is 1.27. The molecule has 2 aliphatic rings. The van der Waals surface area contributed by atoms with Crippen molar-refractivity contribution < 1.29 is 8.42 Å². The number of fused-ring (bicyclic) bond motifs is 1. The Morgan fingerprint density at radius 3 is 2.60 bits per heavy atom. The average molecular weight is 446 g/mol. The maximum absolute atomic E-state index is 12.2. The van der Waals surface area contributed by atoms with Gasteiger partial charge in [0, 0.05) is 40.4 Å². The van der Waals surface area contributed by atoms with Gasteiger partial charge in [-0.15, -0.1) is 0 Å². The number of hydrogen-bond acceptors (Lipinski definition) is 5. The molecule has 30 heavy (non-hydrogen) atoms. The molecule has 158 valence electrons. The Morgan fingerprint density at radius 1 is 1.07 bits per heavy atom. The molecule has 0 aromatic carbocycles. The Kier molecular flexibility index (Phi) is 5.16. The van der Waals surface area contributed by atoms with E-state index in [0.29, 0.717) is 5.02 Å². The Bertz CT molecular complexity index is 1170. The lowest BCUT2D eigenvalue weighted by atomic mass is 9.92. The molecule has 0 atom stereocenters. The Labute approximate surface area is 180 Å². The Morgan fingerprint density at radius 2 is 1.83 bits per heavy atom. The summed E-state index contributed by atoms with van der Waals surface area (Å²) < 4.78 is 27.2. The lowest BCUT2D eigenvalue weighted by Gasteiger charge is -2.30. The molecule has 3 aromatic rings. The first-order valence-electron chi connectivity index (χ1n) is 10.4. The summed E-state index contributed by atoms with van der Waals surface area (Å²) in [5.41, 5.74) is 2.56. The fraction of sp³-hybridized carbons (Fsp3) is 0.429. The zero-order valence-corrected chi connectivity index (χ0v) is 18.0. The molecule has 0 spiro atoms. The van der Waals surface area contributed by atoms with Gasteiger partial charge < -0.3 is 10.3 Å². The second-order valence-corrected chi connectivity index (χ2v) is 10.6. The van der Waals surface area contributed by atoms with Crippen LogP contribution in [0.2, 0.25) is 5.02 Å². The van der Waals surface area contributed by atoms with Crippen LogP contribution >= 0.6 is 11.6 Å². The molecule has 3 aromatic heterocycles. The first-order chi connectivity index (χ1) is 14.5. The number of pyridine rings is 2. The van der Waals surface area contributed by atoms with E-state index in [1.807, 2.05) is 30.5 Å². The molecule has 2 aliphatic carbocycles. The molecule has 2 saturated carbocycles. The van der Waals surface area contributed by atoms with Crippen molar-refractivity contribution in [2.24, 2.45) is 0 Å². The van der Waals surface area contributed by atoms with E-state index in [9.17, 15) is 8.42 Å². The summed E-state index contributed by atoms with van der Waals surface area (Å²) in [7, 11) is -3.13. The molecule has 9 heteroatoms. The van der Waals surface area contributed by atoms with Gasteiger partial charge in [0.2, 0.25) is 10.0 Å². The highest BCUT2D eigenvalue weighted by molar-refractivity contribution is 7.90.